The van der Waals surface area contributed by atoms with Gasteiger partial charge in [-0.05, 0) is 146 Å². The van der Waals surface area contributed by atoms with Gasteiger partial charge in [0.15, 0.2) is 46.3 Å². The number of benzene rings is 10. The number of halogens is 1. The second-order valence-corrected chi connectivity index (χ2v) is 30.2. The summed E-state index contributed by atoms with van der Waals surface area (Å²) < 4.78 is 31.3. The number of nitrogens with one attached hydrogen (secondary N) is 4. The minimum Gasteiger partial charge on any atom is -0.504 e. The summed E-state index contributed by atoms with van der Waals surface area (Å²) >= 11 is 0. The summed E-state index contributed by atoms with van der Waals surface area (Å²) in [4.78, 5) is 36.2. The molecule has 0 spiro atoms. The lowest BCUT2D eigenvalue weighted by Gasteiger charge is -2.07. The van der Waals surface area contributed by atoms with Crippen molar-refractivity contribution in [1.29, 1.82) is 0 Å². The third kappa shape index (κ3) is 17.8. The van der Waals surface area contributed by atoms with Gasteiger partial charge in [0.2, 0.25) is 0 Å². The Labute approximate surface area is 712 Å². The number of pyridine rings is 1. The number of rotatable bonds is 22. The second kappa shape index (κ2) is 36.4. The fraction of sp³-hybridized carbons (Fsp3) is 0.156. The Morgan fingerprint density at radius 1 is 0.347 bits per heavy atom. The number of imidazole rings is 4. The molecule has 0 fully saturated rings. The molecule has 0 unspecified atom stereocenters. The molecule has 0 aliphatic rings. The number of nitrogens with two attached hydrogens (primary N) is 4. The molecule has 10 aromatic carbocycles. The van der Waals surface area contributed by atoms with Crippen molar-refractivity contribution >= 4 is 44.1 Å². The SMILES string of the molecule is COCCn1nc(-c2ccc(C)cc2)c(O)c1-c1nc2ccc(CN)cc2[nH]1.COc1cccc(Cn2nc(-c3ccc(C)cc3)c(O)c2-c2nc3ccc(CN)cc3[nH]2)c1.Cc1ccc(-c2nn(Cc3cccc(F)c3)c(-c3nc4ccc(CN)cc4[nH]3)c2O)cc1.Cc1ccc(-c2nn(Cc3cccnc3)c(-c3nc4ccc(CN)cc4[nH]3)c2O)cc1. The molecule has 19 rings (SSSR count). The van der Waals surface area contributed by atoms with Gasteiger partial charge in [-0.15, -0.1) is 0 Å². The van der Waals surface area contributed by atoms with Crippen molar-refractivity contribution in [3.05, 3.63) is 310 Å². The van der Waals surface area contributed by atoms with Crippen molar-refractivity contribution in [3.63, 3.8) is 0 Å². The molecule has 0 bridgehead atoms. The van der Waals surface area contributed by atoms with Gasteiger partial charge in [-0.3, -0.25) is 23.7 Å². The molecule has 28 heteroatoms. The fourth-order valence-electron chi connectivity index (χ4n) is 14.7. The maximum absolute atomic E-state index is 13.8. The van der Waals surface area contributed by atoms with Crippen molar-refractivity contribution in [3.8, 4) is 120 Å². The quantitative estimate of drug-likeness (QED) is 0.0300. The van der Waals surface area contributed by atoms with Crippen LogP contribution in [0.25, 0.3) is 135 Å². The van der Waals surface area contributed by atoms with Crippen molar-refractivity contribution < 1.29 is 34.3 Å². The van der Waals surface area contributed by atoms with Gasteiger partial charge in [0, 0.05) is 67.9 Å². The van der Waals surface area contributed by atoms with Crippen LogP contribution >= 0.6 is 0 Å². The molecule has 0 saturated carbocycles. The second-order valence-electron chi connectivity index (χ2n) is 30.2. The number of methoxy groups -OCH3 is 2. The van der Waals surface area contributed by atoms with Crippen LogP contribution < -0.4 is 27.7 Å². The van der Waals surface area contributed by atoms with E-state index in [0.717, 1.165) is 133 Å². The number of aromatic nitrogens is 17. The zero-order valence-electron chi connectivity index (χ0n) is 69.1. The lowest BCUT2D eigenvalue weighted by Crippen LogP contribution is -2.08. The van der Waals surface area contributed by atoms with Crippen molar-refractivity contribution in [2.24, 2.45) is 22.9 Å². The summed E-state index contributed by atoms with van der Waals surface area (Å²) in [5.74, 6) is 2.87. The maximum atomic E-state index is 13.8. The van der Waals surface area contributed by atoms with E-state index in [9.17, 15) is 24.8 Å². The van der Waals surface area contributed by atoms with Gasteiger partial charge in [0.25, 0.3) is 0 Å². The van der Waals surface area contributed by atoms with E-state index in [1.165, 1.54) is 12.1 Å². The van der Waals surface area contributed by atoms with E-state index in [2.05, 4.69) is 45.1 Å². The summed E-state index contributed by atoms with van der Waals surface area (Å²) in [5, 5.41) is 63.6. The number of ether oxygens (including phenoxy) is 2. The molecule has 0 aliphatic carbocycles. The zero-order chi connectivity index (χ0) is 86.2. The van der Waals surface area contributed by atoms with Crippen LogP contribution in [0.5, 0.6) is 28.7 Å². The van der Waals surface area contributed by atoms with Gasteiger partial charge in [0.05, 0.1) is 84.0 Å². The summed E-state index contributed by atoms with van der Waals surface area (Å²) in [7, 11) is 3.28. The number of aryl methyl sites for hydroxylation is 4. The highest BCUT2D eigenvalue weighted by Gasteiger charge is 2.29. The predicted molar refractivity (Wildman–Crippen MR) is 481 cm³/mol. The van der Waals surface area contributed by atoms with E-state index in [-0.39, 0.29) is 35.4 Å². The van der Waals surface area contributed by atoms with Crippen molar-refractivity contribution in [2.45, 2.75) is 80.1 Å². The minimum absolute atomic E-state index is 0.0170. The number of aromatic amines is 4. The molecule has 19 aromatic rings. The van der Waals surface area contributed by atoms with Crippen LogP contribution in [0.4, 0.5) is 4.39 Å². The van der Waals surface area contributed by atoms with Crippen LogP contribution in [0.2, 0.25) is 0 Å². The molecule has 0 radical (unpaired) electrons. The van der Waals surface area contributed by atoms with E-state index >= 15 is 0 Å². The summed E-state index contributed by atoms with van der Waals surface area (Å²) in [6.07, 6.45) is 3.53. The van der Waals surface area contributed by atoms with E-state index in [1.807, 2.05) is 240 Å². The summed E-state index contributed by atoms with van der Waals surface area (Å²) in [6, 6.07) is 72.9. The number of nitrogens with zero attached hydrogens (tertiary/aromatic N) is 13. The Bertz CT molecular complexity index is 6980. The first kappa shape index (κ1) is 82.5. The largest absolute Gasteiger partial charge is 0.504 e. The molecule has 0 saturated heterocycles. The zero-order valence-corrected chi connectivity index (χ0v) is 69.1. The molecule has 9 heterocycles. The van der Waals surface area contributed by atoms with Gasteiger partial charge in [-0.2, -0.15) is 20.4 Å². The van der Waals surface area contributed by atoms with Gasteiger partial charge in [0.1, 0.15) is 57.1 Å². The monoisotopic (exact) mass is 1650 g/mol. The third-order valence-corrected chi connectivity index (χ3v) is 21.3. The van der Waals surface area contributed by atoms with E-state index in [4.69, 9.17) is 52.6 Å². The van der Waals surface area contributed by atoms with Crippen LogP contribution in [0.15, 0.2) is 243 Å². The number of H-pyrrole nitrogens is 4. The van der Waals surface area contributed by atoms with Crippen LogP contribution in [-0.4, -0.2) is 125 Å². The molecule has 9 aromatic heterocycles. The summed E-state index contributed by atoms with van der Waals surface area (Å²) in [5.41, 5.74) is 48.3. The van der Waals surface area contributed by atoms with Crippen LogP contribution in [0.1, 0.15) is 61.2 Å². The average Bonchev–Trinajstić information content (AvgIpc) is 1.63. The highest BCUT2D eigenvalue weighted by Crippen LogP contribution is 2.43. The van der Waals surface area contributed by atoms with E-state index in [1.54, 1.807) is 51.4 Å². The van der Waals surface area contributed by atoms with Gasteiger partial charge in [-0.1, -0.05) is 174 Å². The Balaban J connectivity index is 0.000000122. The highest BCUT2D eigenvalue weighted by molar-refractivity contribution is 5.88. The third-order valence-electron chi connectivity index (χ3n) is 21.3. The summed E-state index contributed by atoms with van der Waals surface area (Å²) in [6.45, 7) is 12.0. The number of hydrogen-bond acceptors (Lipinski definition) is 19. The van der Waals surface area contributed by atoms with E-state index in [0.29, 0.717) is 121 Å². The van der Waals surface area contributed by atoms with Gasteiger partial charge < -0.3 is 72.8 Å². The molecule has 124 heavy (non-hydrogen) atoms. The Morgan fingerprint density at radius 3 is 0.976 bits per heavy atom. The molecular weight excluding hydrogens is 1560 g/mol. The molecule has 0 atom stereocenters. The number of aromatic hydroxyl groups is 4. The molecule has 16 N–H and O–H groups in total. The van der Waals surface area contributed by atoms with Crippen molar-refractivity contribution in [1.82, 2.24) is 84.0 Å². The topological polar surface area (TPSA) is 402 Å². The first-order valence-corrected chi connectivity index (χ1v) is 40.3. The first-order valence-electron chi connectivity index (χ1n) is 40.3. The minimum atomic E-state index is -0.322. The average molecular weight is 1650 g/mol. The van der Waals surface area contributed by atoms with Gasteiger partial charge in [-0.25, -0.2) is 24.3 Å². The first-order chi connectivity index (χ1) is 60.3. The molecule has 0 aliphatic heterocycles. The van der Waals surface area contributed by atoms with Crippen LogP contribution in [-0.2, 0) is 57.1 Å². The molecule has 27 nitrogen and oxygen atoms in total. The lowest BCUT2D eigenvalue weighted by atomic mass is 10.1. The Hall–Kier alpha value is -15.2. The predicted octanol–water partition coefficient (Wildman–Crippen LogP) is 16.6. The fourth-order valence-corrected chi connectivity index (χ4v) is 14.7. The lowest BCUT2D eigenvalue weighted by molar-refractivity contribution is 0.184. The van der Waals surface area contributed by atoms with E-state index < -0.39 is 0 Å². The van der Waals surface area contributed by atoms with Crippen LogP contribution in [0, 0.1) is 33.5 Å². The normalized spacial score (nSPS) is 11.3. The highest BCUT2D eigenvalue weighted by atomic mass is 19.1. The molecule has 624 valence electrons. The van der Waals surface area contributed by atoms with Crippen molar-refractivity contribution in [2.75, 3.05) is 20.8 Å². The Kier molecular flexibility index (Phi) is 24.2. The standard InChI is InChI=1S/C26H25N5O2.C25H22FN5O.C24H22N6O.C21H23N5O2/c1-16-6-9-19(10-7-16)23-25(32)24(26-28-21-11-8-17(14-27)13-22(21)29-26)31(30-23)15-18-4-3-5-20(12-18)33-2;1-15-5-8-18(9-6-15)22-24(32)23(31(30-22)14-17-3-2-4-19(26)11-17)25-28-20-10-7-16(13-27)12-21(20)29-25;1-15-4-7-18(8-5-15)21-23(31)22(30(29-21)14-17-3-2-10-26-13-17)24-27-19-9-6-16(12-25)11-20(19)28-24;1-13-3-6-15(7-4-13)18-20(27)19(26(25-18)9-10-28-2)21-23-16-8-5-14(12-22)11-17(16)24-21/h3-13,32H,14-15,27H2,1-2H3,(H,28,29);2-12,32H,13-14,27H2,1H3,(H,28,29);2-11,13,31H,12,14,25H2,1H3,(H,27,28);3-8,11,27H,9-10,12,22H2,1-2H3,(H,23,24). The van der Waals surface area contributed by atoms with Gasteiger partial charge >= 0.3 is 0 Å². The number of fused-ring (bicyclic) bond motifs is 4. The molecular formula is C96H92FN21O6. The Morgan fingerprint density at radius 2 is 0.661 bits per heavy atom. The molecule has 0 amide bonds. The smallest absolute Gasteiger partial charge is 0.173 e. The number of hydrogen-bond donors (Lipinski definition) is 12. The maximum Gasteiger partial charge on any atom is 0.173 e. The van der Waals surface area contributed by atoms with Crippen LogP contribution in [0.3, 0.4) is 0 Å².